The molecule has 1 aromatic carbocycles. The van der Waals surface area contributed by atoms with Gasteiger partial charge < -0.3 is 15.4 Å². The predicted octanol–water partition coefficient (Wildman–Crippen LogP) is 2.87. The summed E-state index contributed by atoms with van der Waals surface area (Å²) >= 11 is 6.25. The summed E-state index contributed by atoms with van der Waals surface area (Å²) in [5.74, 6) is 0.542. The minimum absolute atomic E-state index is 0.232. The first-order chi connectivity index (χ1) is 10.1. The minimum Gasteiger partial charge on any atom is -0.497 e. The third-order valence-electron chi connectivity index (χ3n) is 3.39. The van der Waals surface area contributed by atoms with Gasteiger partial charge in [0.1, 0.15) is 5.75 Å². The molecule has 0 atom stereocenters. The van der Waals surface area contributed by atoms with Crippen molar-refractivity contribution in [3.05, 3.63) is 28.8 Å². The Balaban J connectivity index is 2.50. The van der Waals surface area contributed by atoms with E-state index in [1.165, 1.54) is 0 Å². The zero-order valence-corrected chi connectivity index (χ0v) is 13.7. The standard InChI is InChI=1S/C16H25ClN2O2/c1-3-9-19(10-4-5-16(18)20)11-8-13-6-7-14(21-2)12-15(13)17/h6-7,12H,3-5,8-11H2,1-2H3,(H2,18,20). The van der Waals surface area contributed by atoms with E-state index >= 15 is 0 Å². The van der Waals surface area contributed by atoms with Gasteiger partial charge in [-0.25, -0.2) is 0 Å². The third-order valence-corrected chi connectivity index (χ3v) is 3.75. The quantitative estimate of drug-likeness (QED) is 0.723. The molecule has 4 nitrogen and oxygen atoms in total. The molecule has 0 heterocycles. The number of primary amides is 1. The first kappa shape index (κ1) is 17.8. The van der Waals surface area contributed by atoms with E-state index in [0.717, 1.165) is 55.2 Å². The highest BCUT2D eigenvalue weighted by Gasteiger charge is 2.08. The molecule has 118 valence electrons. The number of hydrogen-bond acceptors (Lipinski definition) is 3. The Morgan fingerprint density at radius 3 is 2.67 bits per heavy atom. The highest BCUT2D eigenvalue weighted by Crippen LogP contribution is 2.22. The largest absolute Gasteiger partial charge is 0.497 e. The zero-order valence-electron chi connectivity index (χ0n) is 12.9. The molecule has 21 heavy (non-hydrogen) atoms. The lowest BCUT2D eigenvalue weighted by Gasteiger charge is -2.21. The molecule has 0 saturated carbocycles. The van der Waals surface area contributed by atoms with E-state index in [2.05, 4.69) is 11.8 Å². The monoisotopic (exact) mass is 312 g/mol. The smallest absolute Gasteiger partial charge is 0.217 e. The van der Waals surface area contributed by atoms with Gasteiger partial charge in [0.25, 0.3) is 0 Å². The minimum atomic E-state index is -0.232. The lowest BCUT2D eigenvalue weighted by molar-refractivity contribution is -0.118. The number of carbonyl (C=O) groups is 1. The van der Waals surface area contributed by atoms with Crippen LogP contribution in [0.25, 0.3) is 0 Å². The number of methoxy groups -OCH3 is 1. The number of amides is 1. The molecule has 0 aliphatic heterocycles. The van der Waals surface area contributed by atoms with Crippen LogP contribution < -0.4 is 10.5 Å². The SMILES string of the molecule is CCCN(CCCC(N)=O)CCc1ccc(OC)cc1Cl. The summed E-state index contributed by atoms with van der Waals surface area (Å²) in [5.41, 5.74) is 6.30. The van der Waals surface area contributed by atoms with E-state index in [1.54, 1.807) is 7.11 Å². The third kappa shape index (κ3) is 6.82. The topological polar surface area (TPSA) is 55.6 Å². The second-order valence-electron chi connectivity index (χ2n) is 5.12. The first-order valence-electron chi connectivity index (χ1n) is 7.40. The highest BCUT2D eigenvalue weighted by atomic mass is 35.5. The molecule has 0 bridgehead atoms. The van der Waals surface area contributed by atoms with Crippen molar-refractivity contribution in [2.75, 3.05) is 26.7 Å². The van der Waals surface area contributed by atoms with Gasteiger partial charge in [-0.3, -0.25) is 4.79 Å². The van der Waals surface area contributed by atoms with Crippen molar-refractivity contribution in [2.45, 2.75) is 32.6 Å². The number of benzene rings is 1. The fraction of sp³-hybridized carbons (Fsp3) is 0.562. The van der Waals surface area contributed by atoms with Crippen molar-refractivity contribution >= 4 is 17.5 Å². The van der Waals surface area contributed by atoms with Gasteiger partial charge in [-0.1, -0.05) is 24.6 Å². The Hall–Kier alpha value is -1.26. The van der Waals surface area contributed by atoms with Crippen LogP contribution >= 0.6 is 11.6 Å². The Kier molecular flexibility index (Phi) is 8.16. The lowest BCUT2D eigenvalue weighted by atomic mass is 10.1. The van der Waals surface area contributed by atoms with E-state index in [4.69, 9.17) is 22.1 Å². The summed E-state index contributed by atoms with van der Waals surface area (Å²) in [5, 5.41) is 0.739. The van der Waals surface area contributed by atoms with Crippen molar-refractivity contribution in [1.82, 2.24) is 4.90 Å². The first-order valence-corrected chi connectivity index (χ1v) is 7.77. The number of hydrogen-bond donors (Lipinski definition) is 1. The molecule has 0 unspecified atom stereocenters. The fourth-order valence-corrected chi connectivity index (χ4v) is 2.53. The van der Waals surface area contributed by atoms with E-state index < -0.39 is 0 Å². The maximum Gasteiger partial charge on any atom is 0.217 e. The van der Waals surface area contributed by atoms with Crippen LogP contribution in [-0.2, 0) is 11.2 Å². The van der Waals surface area contributed by atoms with E-state index in [-0.39, 0.29) is 5.91 Å². The summed E-state index contributed by atoms with van der Waals surface area (Å²) in [4.78, 5) is 13.1. The van der Waals surface area contributed by atoms with E-state index in [0.29, 0.717) is 6.42 Å². The van der Waals surface area contributed by atoms with Gasteiger partial charge in [-0.15, -0.1) is 0 Å². The Morgan fingerprint density at radius 1 is 1.33 bits per heavy atom. The second kappa shape index (κ2) is 9.64. The molecular formula is C16H25ClN2O2. The highest BCUT2D eigenvalue weighted by molar-refractivity contribution is 6.31. The summed E-state index contributed by atoms with van der Waals surface area (Å²) in [6, 6.07) is 5.78. The van der Waals surface area contributed by atoms with Crippen molar-refractivity contribution in [3.63, 3.8) is 0 Å². The van der Waals surface area contributed by atoms with E-state index in [1.807, 2.05) is 18.2 Å². The van der Waals surface area contributed by atoms with Crippen LogP contribution in [0.4, 0.5) is 0 Å². The number of nitrogens with two attached hydrogens (primary N) is 1. The summed E-state index contributed by atoms with van der Waals surface area (Å²) < 4.78 is 5.15. The molecule has 0 aliphatic rings. The van der Waals surface area contributed by atoms with Crippen molar-refractivity contribution in [1.29, 1.82) is 0 Å². The van der Waals surface area contributed by atoms with Crippen molar-refractivity contribution in [2.24, 2.45) is 5.73 Å². The van der Waals surface area contributed by atoms with E-state index in [9.17, 15) is 4.79 Å². The van der Waals surface area contributed by atoms with Crippen LogP contribution in [0.5, 0.6) is 5.75 Å². The molecule has 2 N–H and O–H groups in total. The van der Waals surface area contributed by atoms with Crippen LogP contribution in [-0.4, -0.2) is 37.6 Å². The molecule has 0 aromatic heterocycles. The number of ether oxygens (including phenoxy) is 1. The number of halogens is 1. The van der Waals surface area contributed by atoms with Crippen LogP contribution in [0.3, 0.4) is 0 Å². The van der Waals surface area contributed by atoms with Gasteiger partial charge >= 0.3 is 0 Å². The van der Waals surface area contributed by atoms with Crippen LogP contribution in [0.15, 0.2) is 18.2 Å². The molecule has 0 radical (unpaired) electrons. The maximum absolute atomic E-state index is 10.8. The predicted molar refractivity (Wildman–Crippen MR) is 86.9 cm³/mol. The van der Waals surface area contributed by atoms with Gasteiger partial charge in [0, 0.05) is 18.0 Å². The van der Waals surface area contributed by atoms with Gasteiger partial charge in [-0.2, -0.15) is 0 Å². The molecule has 0 aliphatic carbocycles. The summed E-state index contributed by atoms with van der Waals surface area (Å²) in [6.45, 7) is 5.00. The Bertz CT molecular complexity index is 452. The normalized spacial score (nSPS) is 10.9. The lowest BCUT2D eigenvalue weighted by Crippen LogP contribution is -2.29. The van der Waals surface area contributed by atoms with Gasteiger partial charge in [0.2, 0.25) is 5.91 Å². The number of carbonyl (C=O) groups excluding carboxylic acids is 1. The summed E-state index contributed by atoms with van der Waals surface area (Å²) in [6.07, 6.45) is 3.24. The molecular weight excluding hydrogens is 288 g/mol. The fourth-order valence-electron chi connectivity index (χ4n) is 2.26. The zero-order chi connectivity index (χ0) is 15.7. The average molecular weight is 313 g/mol. The second-order valence-corrected chi connectivity index (χ2v) is 5.53. The average Bonchev–Trinajstić information content (AvgIpc) is 2.45. The molecule has 1 rings (SSSR count). The number of nitrogens with zero attached hydrogens (tertiary/aromatic N) is 1. The van der Waals surface area contributed by atoms with Crippen LogP contribution in [0.2, 0.25) is 5.02 Å². The van der Waals surface area contributed by atoms with Crippen LogP contribution in [0, 0.1) is 0 Å². The van der Waals surface area contributed by atoms with Crippen LogP contribution in [0.1, 0.15) is 31.7 Å². The molecule has 0 saturated heterocycles. The number of rotatable bonds is 10. The van der Waals surface area contributed by atoms with Crippen molar-refractivity contribution in [3.8, 4) is 5.75 Å². The molecule has 1 aromatic rings. The molecule has 0 spiro atoms. The maximum atomic E-state index is 10.8. The molecule has 0 fully saturated rings. The summed E-state index contributed by atoms with van der Waals surface area (Å²) in [7, 11) is 1.63. The van der Waals surface area contributed by atoms with Gasteiger partial charge in [-0.05, 0) is 50.0 Å². The molecule has 1 amide bonds. The molecule has 5 heteroatoms. The van der Waals surface area contributed by atoms with Gasteiger partial charge in [0.15, 0.2) is 0 Å². The Morgan fingerprint density at radius 2 is 2.10 bits per heavy atom. The van der Waals surface area contributed by atoms with Crippen molar-refractivity contribution < 1.29 is 9.53 Å². The van der Waals surface area contributed by atoms with Gasteiger partial charge in [0.05, 0.1) is 7.11 Å². The Labute approximate surface area is 132 Å².